The van der Waals surface area contributed by atoms with Crippen LogP contribution in [0.5, 0.6) is 11.5 Å². The predicted molar refractivity (Wildman–Crippen MR) is 92.5 cm³/mol. The van der Waals surface area contributed by atoms with Gasteiger partial charge in [0, 0.05) is 19.2 Å². The third-order valence-electron chi connectivity index (χ3n) is 3.08. The van der Waals surface area contributed by atoms with Gasteiger partial charge >= 0.3 is 5.97 Å². The van der Waals surface area contributed by atoms with Crippen molar-refractivity contribution < 1.29 is 32.5 Å². The van der Waals surface area contributed by atoms with Gasteiger partial charge in [0.05, 0.1) is 25.0 Å². The number of aromatic carboxylic acids is 1. The fraction of sp³-hybridized carbons (Fsp3) is 0.267. The Bertz CT molecular complexity index is 832. The molecule has 136 valence electrons. The van der Waals surface area contributed by atoms with E-state index >= 15 is 0 Å². The third kappa shape index (κ3) is 4.62. The second kappa shape index (κ2) is 8.19. The van der Waals surface area contributed by atoms with Gasteiger partial charge in [-0.15, -0.1) is 11.3 Å². The number of carboxylic acids is 1. The highest BCUT2D eigenvalue weighted by Gasteiger charge is 2.22. The maximum Gasteiger partial charge on any atom is 0.337 e. The monoisotopic (exact) mass is 387 g/mol. The molecule has 0 spiro atoms. The van der Waals surface area contributed by atoms with Crippen LogP contribution in [0.25, 0.3) is 0 Å². The minimum absolute atomic E-state index is 0.0708. The molecule has 10 heteroatoms. The Hall–Kier alpha value is -2.30. The van der Waals surface area contributed by atoms with Gasteiger partial charge in [-0.05, 0) is 11.4 Å². The number of benzene rings is 1. The number of rotatable bonds is 9. The van der Waals surface area contributed by atoms with Crippen LogP contribution in [0.2, 0.25) is 0 Å². The van der Waals surface area contributed by atoms with Crippen molar-refractivity contribution in [3.05, 3.63) is 35.2 Å². The van der Waals surface area contributed by atoms with Gasteiger partial charge in [-0.3, -0.25) is 4.72 Å². The number of ether oxygens (including phenoxy) is 3. The molecule has 0 aliphatic carbocycles. The third-order valence-corrected chi connectivity index (χ3v) is 5.85. The van der Waals surface area contributed by atoms with Crippen molar-refractivity contribution in [3.63, 3.8) is 0 Å². The normalized spacial score (nSPS) is 11.1. The molecule has 0 saturated carbocycles. The van der Waals surface area contributed by atoms with Gasteiger partial charge in [-0.1, -0.05) is 6.07 Å². The number of methoxy groups -OCH3 is 2. The van der Waals surface area contributed by atoms with Crippen molar-refractivity contribution in [2.24, 2.45) is 0 Å². The van der Waals surface area contributed by atoms with Crippen molar-refractivity contribution >= 4 is 33.0 Å². The highest BCUT2D eigenvalue weighted by Crippen LogP contribution is 2.35. The summed E-state index contributed by atoms with van der Waals surface area (Å²) in [6.45, 7) is 0.497. The van der Waals surface area contributed by atoms with Gasteiger partial charge in [-0.2, -0.15) is 0 Å². The Labute approximate surface area is 149 Å². The molecular weight excluding hydrogens is 370 g/mol. The molecule has 1 heterocycles. The number of hydrogen-bond acceptors (Lipinski definition) is 7. The van der Waals surface area contributed by atoms with Crippen molar-refractivity contribution in [2.45, 2.75) is 4.21 Å². The van der Waals surface area contributed by atoms with Crippen molar-refractivity contribution in [1.82, 2.24) is 0 Å². The minimum Gasteiger partial charge on any atom is -0.493 e. The Morgan fingerprint density at radius 2 is 2.00 bits per heavy atom. The zero-order chi connectivity index (χ0) is 18.4. The smallest absolute Gasteiger partial charge is 0.337 e. The zero-order valence-electron chi connectivity index (χ0n) is 13.5. The summed E-state index contributed by atoms with van der Waals surface area (Å²) in [5, 5.41) is 11.0. The maximum atomic E-state index is 12.4. The molecule has 0 radical (unpaired) electrons. The van der Waals surface area contributed by atoms with Gasteiger partial charge in [0.2, 0.25) is 0 Å². The number of sulfonamides is 1. The Balaban J connectivity index is 2.43. The van der Waals surface area contributed by atoms with E-state index in [9.17, 15) is 18.3 Å². The molecule has 1 aromatic heterocycles. The molecule has 0 saturated heterocycles. The van der Waals surface area contributed by atoms with Crippen LogP contribution in [-0.2, 0) is 14.8 Å². The van der Waals surface area contributed by atoms with Crippen LogP contribution in [0.15, 0.2) is 33.9 Å². The lowest BCUT2D eigenvalue weighted by Gasteiger charge is -2.15. The second-order valence-electron chi connectivity index (χ2n) is 4.73. The molecule has 0 unspecified atom stereocenters. The first kappa shape index (κ1) is 19.0. The lowest BCUT2D eigenvalue weighted by molar-refractivity contribution is 0.0697. The molecule has 2 N–H and O–H groups in total. The molecule has 8 nitrogen and oxygen atoms in total. The van der Waals surface area contributed by atoms with E-state index in [2.05, 4.69) is 4.72 Å². The summed E-state index contributed by atoms with van der Waals surface area (Å²) in [5.74, 6) is -0.924. The predicted octanol–water partition coefficient (Wildman–Crippen LogP) is 2.28. The summed E-state index contributed by atoms with van der Waals surface area (Å²) in [4.78, 5) is 11.5. The molecule has 0 amide bonds. The topological polar surface area (TPSA) is 111 Å². The van der Waals surface area contributed by atoms with Crippen molar-refractivity contribution in [2.75, 3.05) is 32.2 Å². The second-order valence-corrected chi connectivity index (χ2v) is 7.59. The van der Waals surface area contributed by atoms with E-state index in [1.54, 1.807) is 11.4 Å². The summed E-state index contributed by atoms with van der Waals surface area (Å²) in [6, 6.07) is 5.50. The van der Waals surface area contributed by atoms with Crippen molar-refractivity contribution in [3.8, 4) is 11.5 Å². The first-order chi connectivity index (χ1) is 11.9. The fourth-order valence-electron chi connectivity index (χ4n) is 1.94. The quantitative estimate of drug-likeness (QED) is 0.635. The van der Waals surface area contributed by atoms with Crippen LogP contribution in [-0.4, -0.2) is 46.9 Å². The molecule has 0 aliphatic rings. The van der Waals surface area contributed by atoms with Gasteiger partial charge < -0.3 is 19.3 Å². The number of carbonyl (C=O) groups is 1. The molecular formula is C15H17NO7S2. The fourth-order valence-corrected chi connectivity index (χ4v) is 4.00. The summed E-state index contributed by atoms with van der Waals surface area (Å²) in [6.07, 6.45) is 0. The van der Waals surface area contributed by atoms with Crippen LogP contribution >= 0.6 is 11.3 Å². The van der Waals surface area contributed by atoms with E-state index in [1.807, 2.05) is 0 Å². The lowest BCUT2D eigenvalue weighted by atomic mass is 10.1. The van der Waals surface area contributed by atoms with Crippen LogP contribution in [0, 0.1) is 0 Å². The number of hydrogen-bond donors (Lipinski definition) is 2. The summed E-state index contributed by atoms with van der Waals surface area (Å²) < 4.78 is 42.6. The Morgan fingerprint density at radius 1 is 1.24 bits per heavy atom. The first-order valence-corrected chi connectivity index (χ1v) is 9.38. The highest BCUT2D eigenvalue weighted by atomic mass is 32.2. The van der Waals surface area contributed by atoms with E-state index in [1.165, 1.54) is 32.4 Å². The summed E-state index contributed by atoms with van der Waals surface area (Å²) in [5.41, 5.74) is -0.370. The van der Waals surface area contributed by atoms with Gasteiger partial charge in [-0.25, -0.2) is 13.2 Å². The van der Waals surface area contributed by atoms with Gasteiger partial charge in [0.1, 0.15) is 10.8 Å². The van der Waals surface area contributed by atoms with Gasteiger partial charge in [0.15, 0.2) is 11.5 Å². The van der Waals surface area contributed by atoms with E-state index in [0.717, 1.165) is 11.3 Å². The van der Waals surface area contributed by atoms with E-state index in [0.29, 0.717) is 6.61 Å². The SMILES string of the molecule is COCCOc1cc(NS(=O)(=O)c2cccs2)c(C(=O)O)cc1OC. The molecule has 0 aliphatic heterocycles. The average Bonchev–Trinajstić information content (AvgIpc) is 3.10. The van der Waals surface area contributed by atoms with Crippen molar-refractivity contribution in [1.29, 1.82) is 0 Å². The van der Waals surface area contributed by atoms with E-state index in [-0.39, 0.29) is 33.6 Å². The van der Waals surface area contributed by atoms with Gasteiger partial charge in [0.25, 0.3) is 10.0 Å². The molecule has 1 aromatic carbocycles. The first-order valence-electron chi connectivity index (χ1n) is 7.02. The number of carboxylic acid groups (broad SMARTS) is 1. The molecule has 0 bridgehead atoms. The summed E-state index contributed by atoms with van der Waals surface area (Å²) in [7, 11) is -1.03. The van der Waals surface area contributed by atoms with Crippen LogP contribution in [0.4, 0.5) is 5.69 Å². The molecule has 0 atom stereocenters. The molecule has 25 heavy (non-hydrogen) atoms. The molecule has 2 aromatic rings. The maximum absolute atomic E-state index is 12.4. The zero-order valence-corrected chi connectivity index (χ0v) is 15.1. The standard InChI is InChI=1S/C15H17NO7S2/c1-21-5-6-23-13-9-11(10(15(17)18)8-12(13)22-2)16-25(19,20)14-4-3-7-24-14/h3-4,7-9,16H,5-6H2,1-2H3,(H,17,18). The number of thiophene rings is 1. The van der Waals surface area contributed by atoms with E-state index < -0.39 is 16.0 Å². The largest absolute Gasteiger partial charge is 0.493 e. The number of nitrogens with one attached hydrogen (secondary N) is 1. The number of anilines is 1. The summed E-state index contributed by atoms with van der Waals surface area (Å²) >= 11 is 1.02. The minimum atomic E-state index is -3.90. The highest BCUT2D eigenvalue weighted by molar-refractivity contribution is 7.94. The van der Waals surface area contributed by atoms with E-state index in [4.69, 9.17) is 14.2 Å². The Morgan fingerprint density at radius 3 is 2.56 bits per heavy atom. The molecule has 2 rings (SSSR count). The lowest BCUT2D eigenvalue weighted by Crippen LogP contribution is -2.15. The van der Waals surface area contributed by atoms with Crippen LogP contribution < -0.4 is 14.2 Å². The average molecular weight is 387 g/mol. The molecule has 0 fully saturated rings. The Kier molecular flexibility index (Phi) is 6.23. The van der Waals surface area contributed by atoms with Crippen LogP contribution in [0.3, 0.4) is 0 Å². The van der Waals surface area contributed by atoms with Crippen LogP contribution in [0.1, 0.15) is 10.4 Å².